The molecule has 0 radical (unpaired) electrons. The molecular weight excluding hydrogens is 398 g/mol. The molecule has 3 N–H and O–H groups in total. The largest absolute Gasteiger partial charge is 0.456 e. The van der Waals surface area contributed by atoms with Crippen LogP contribution in [0, 0.1) is 0 Å². The lowest BCUT2D eigenvalue weighted by atomic mass is 10.1. The number of carbonyl (C=O) groups excluding carboxylic acids is 2. The number of hydrogen-bond acceptors (Lipinski definition) is 10. The number of H-pyrrole nitrogens is 1. The molecule has 3 rings (SSSR count). The summed E-state index contributed by atoms with van der Waals surface area (Å²) in [6.07, 6.45) is -1.95. The summed E-state index contributed by atoms with van der Waals surface area (Å²) in [4.78, 5) is 46.8. The van der Waals surface area contributed by atoms with Crippen molar-refractivity contribution in [2.45, 2.75) is 64.7 Å². The number of anilines is 1. The van der Waals surface area contributed by atoms with Crippen molar-refractivity contribution in [3.05, 3.63) is 16.7 Å². The van der Waals surface area contributed by atoms with Crippen LogP contribution in [0.5, 0.6) is 0 Å². The molecule has 1 unspecified atom stereocenters. The lowest BCUT2D eigenvalue weighted by Crippen LogP contribution is -2.40. The van der Waals surface area contributed by atoms with E-state index in [9.17, 15) is 19.5 Å². The molecule has 164 valence electrons. The van der Waals surface area contributed by atoms with Crippen LogP contribution in [0.15, 0.2) is 11.1 Å². The van der Waals surface area contributed by atoms with E-state index in [1.807, 2.05) is 13.8 Å². The number of rotatable bonds is 7. The lowest BCUT2D eigenvalue weighted by Gasteiger charge is -2.23. The maximum atomic E-state index is 12.4. The first-order chi connectivity index (χ1) is 14.2. The predicted molar refractivity (Wildman–Crippen MR) is 104 cm³/mol. The molecule has 1 aliphatic rings. The van der Waals surface area contributed by atoms with E-state index in [0.29, 0.717) is 0 Å². The second-order valence-electron chi connectivity index (χ2n) is 7.09. The van der Waals surface area contributed by atoms with Gasteiger partial charge in [-0.25, -0.2) is 4.98 Å². The molecule has 1 saturated heterocycles. The van der Waals surface area contributed by atoms with Crippen molar-refractivity contribution in [1.82, 2.24) is 19.5 Å². The number of ether oxygens (including phenoxy) is 3. The van der Waals surface area contributed by atoms with E-state index < -0.39 is 48.6 Å². The Labute approximate surface area is 171 Å². The summed E-state index contributed by atoms with van der Waals surface area (Å²) in [5.41, 5.74) is -0.208. The van der Waals surface area contributed by atoms with Crippen LogP contribution in [0.1, 0.15) is 40.3 Å². The molecule has 2 aromatic rings. The van der Waals surface area contributed by atoms with Gasteiger partial charge in [0.1, 0.15) is 6.10 Å². The monoisotopic (exact) mass is 423 g/mol. The molecule has 30 heavy (non-hydrogen) atoms. The summed E-state index contributed by atoms with van der Waals surface area (Å²) in [5.74, 6) is -0.996. The van der Waals surface area contributed by atoms with Gasteiger partial charge >= 0.3 is 11.9 Å². The first-order valence-corrected chi connectivity index (χ1v) is 9.59. The molecule has 0 bridgehead atoms. The van der Waals surface area contributed by atoms with Gasteiger partial charge in [-0.1, -0.05) is 6.92 Å². The van der Waals surface area contributed by atoms with E-state index in [0.717, 1.165) is 6.42 Å². The standard InChI is InChI=1S/C18H25N5O7/c1-5-8(2)20-18-21-15-12(16(27)22-18)19-7-23(15)17-14(29-10(4)26)13(28-9(3)25)11(6-24)30-17/h7-8,11,13-14,17,24H,5-6H2,1-4H3,(H2,20,21,22,27)/t8?,11-,13-,14-,17-/m1/s1. The maximum absolute atomic E-state index is 12.4. The third-order valence-electron chi connectivity index (χ3n) is 4.77. The number of fused-ring (bicyclic) bond motifs is 1. The van der Waals surface area contributed by atoms with Crippen LogP contribution < -0.4 is 10.9 Å². The Morgan fingerprint density at radius 2 is 2.00 bits per heavy atom. The van der Waals surface area contributed by atoms with Gasteiger partial charge in [-0.05, 0) is 13.3 Å². The zero-order valence-corrected chi connectivity index (χ0v) is 17.1. The summed E-state index contributed by atoms with van der Waals surface area (Å²) in [5, 5.41) is 12.8. The van der Waals surface area contributed by atoms with E-state index in [1.54, 1.807) is 0 Å². The molecule has 0 saturated carbocycles. The van der Waals surface area contributed by atoms with Crippen molar-refractivity contribution < 1.29 is 28.9 Å². The second kappa shape index (κ2) is 8.79. The topological polar surface area (TPSA) is 158 Å². The fourth-order valence-corrected chi connectivity index (χ4v) is 3.25. The zero-order chi connectivity index (χ0) is 22.0. The van der Waals surface area contributed by atoms with E-state index in [2.05, 4.69) is 20.3 Å². The van der Waals surface area contributed by atoms with Gasteiger partial charge in [0.2, 0.25) is 5.95 Å². The summed E-state index contributed by atoms with van der Waals surface area (Å²) >= 11 is 0. The second-order valence-corrected chi connectivity index (χ2v) is 7.09. The Balaban J connectivity index is 2.06. The molecule has 1 aliphatic heterocycles. The maximum Gasteiger partial charge on any atom is 0.303 e. The minimum Gasteiger partial charge on any atom is -0.456 e. The number of aliphatic hydroxyl groups excluding tert-OH is 1. The molecule has 0 amide bonds. The number of nitrogens with zero attached hydrogens (tertiary/aromatic N) is 3. The van der Waals surface area contributed by atoms with Crippen molar-refractivity contribution in [3.8, 4) is 0 Å². The molecule has 0 aliphatic carbocycles. The van der Waals surface area contributed by atoms with Gasteiger partial charge in [0, 0.05) is 19.9 Å². The predicted octanol–water partition coefficient (Wildman–Crippen LogP) is 0.0831. The highest BCUT2D eigenvalue weighted by Crippen LogP contribution is 2.35. The highest BCUT2D eigenvalue weighted by molar-refractivity contribution is 5.71. The number of nitrogens with one attached hydrogen (secondary N) is 2. The highest BCUT2D eigenvalue weighted by atomic mass is 16.6. The normalized spacial score (nSPS) is 24.6. The zero-order valence-electron chi connectivity index (χ0n) is 17.1. The SMILES string of the molecule is CCC(C)Nc1nc2c(ncn2[C@@H]2O[C@H](CO)[C@@H](OC(C)=O)[C@H]2OC(C)=O)c(=O)[nH]1. The molecule has 0 aromatic carbocycles. The molecule has 12 nitrogen and oxygen atoms in total. The molecule has 3 heterocycles. The van der Waals surface area contributed by atoms with Crippen LogP contribution in [0.4, 0.5) is 5.95 Å². The Bertz CT molecular complexity index is 987. The molecule has 5 atom stereocenters. The fourth-order valence-electron chi connectivity index (χ4n) is 3.25. The quantitative estimate of drug-likeness (QED) is 0.521. The third kappa shape index (κ3) is 4.28. The van der Waals surface area contributed by atoms with Crippen LogP contribution in [0.25, 0.3) is 11.2 Å². The number of aromatic amines is 1. The summed E-state index contributed by atoms with van der Waals surface area (Å²) in [6.45, 7) is 5.85. The minimum atomic E-state index is -1.08. The molecule has 1 fully saturated rings. The average Bonchev–Trinajstić information content (AvgIpc) is 3.23. The minimum absolute atomic E-state index is 0.0608. The number of esters is 2. The van der Waals surface area contributed by atoms with E-state index in [4.69, 9.17) is 14.2 Å². The van der Waals surface area contributed by atoms with Crippen LogP contribution in [-0.4, -0.2) is 67.5 Å². The Morgan fingerprint density at radius 3 is 2.60 bits per heavy atom. The van der Waals surface area contributed by atoms with Gasteiger partial charge in [-0.2, -0.15) is 4.98 Å². The van der Waals surface area contributed by atoms with Crippen LogP contribution in [-0.2, 0) is 23.8 Å². The van der Waals surface area contributed by atoms with Gasteiger partial charge in [0.15, 0.2) is 29.6 Å². The summed E-state index contributed by atoms with van der Waals surface area (Å²) in [7, 11) is 0. The first-order valence-electron chi connectivity index (χ1n) is 9.59. The van der Waals surface area contributed by atoms with E-state index in [1.165, 1.54) is 24.7 Å². The summed E-state index contributed by atoms with van der Waals surface area (Å²) in [6, 6.07) is 0.0608. The average molecular weight is 423 g/mol. The Morgan fingerprint density at radius 1 is 1.33 bits per heavy atom. The molecular formula is C18H25N5O7. The number of imidazole rings is 1. The van der Waals surface area contributed by atoms with Crippen molar-refractivity contribution in [3.63, 3.8) is 0 Å². The van der Waals surface area contributed by atoms with Crippen LogP contribution in [0.3, 0.4) is 0 Å². The number of carbonyl (C=O) groups is 2. The Kier molecular flexibility index (Phi) is 6.37. The smallest absolute Gasteiger partial charge is 0.303 e. The first kappa shape index (κ1) is 21.7. The number of aromatic nitrogens is 4. The van der Waals surface area contributed by atoms with Gasteiger partial charge < -0.3 is 24.6 Å². The van der Waals surface area contributed by atoms with Gasteiger partial charge in [-0.15, -0.1) is 0 Å². The Hall–Kier alpha value is -2.99. The highest BCUT2D eigenvalue weighted by Gasteiger charge is 2.50. The van der Waals surface area contributed by atoms with Crippen LogP contribution >= 0.6 is 0 Å². The van der Waals surface area contributed by atoms with Gasteiger partial charge in [0.25, 0.3) is 5.56 Å². The molecule has 2 aromatic heterocycles. The van der Waals surface area contributed by atoms with E-state index >= 15 is 0 Å². The third-order valence-corrected chi connectivity index (χ3v) is 4.77. The lowest BCUT2D eigenvalue weighted by molar-refractivity contribution is -0.165. The number of hydrogen-bond donors (Lipinski definition) is 3. The molecule has 0 spiro atoms. The van der Waals surface area contributed by atoms with Crippen molar-refractivity contribution >= 4 is 29.1 Å². The van der Waals surface area contributed by atoms with Crippen molar-refractivity contribution in [1.29, 1.82) is 0 Å². The van der Waals surface area contributed by atoms with Gasteiger partial charge in [0.05, 0.1) is 12.9 Å². The summed E-state index contributed by atoms with van der Waals surface area (Å²) < 4.78 is 17.8. The van der Waals surface area contributed by atoms with Crippen LogP contribution in [0.2, 0.25) is 0 Å². The number of aliphatic hydroxyl groups is 1. The van der Waals surface area contributed by atoms with Crippen molar-refractivity contribution in [2.75, 3.05) is 11.9 Å². The fraction of sp³-hybridized carbons (Fsp3) is 0.611. The molecule has 12 heteroatoms. The van der Waals surface area contributed by atoms with Crippen molar-refractivity contribution in [2.24, 2.45) is 0 Å². The van der Waals surface area contributed by atoms with Gasteiger partial charge in [-0.3, -0.25) is 23.9 Å². The van der Waals surface area contributed by atoms with E-state index in [-0.39, 0.29) is 23.2 Å².